The lowest BCUT2D eigenvalue weighted by atomic mass is 9.87. The average Bonchev–Trinajstić information content (AvgIpc) is 2.85. The number of aliphatic hydroxyl groups is 1. The Labute approximate surface area is 103 Å². The Hall–Kier alpha value is -0.950. The number of carbonyl (C=O) groups excluding carboxylic acids is 1. The molecule has 1 N–H and O–H groups in total. The van der Waals surface area contributed by atoms with Crippen molar-refractivity contribution in [1.29, 1.82) is 0 Å². The van der Waals surface area contributed by atoms with Gasteiger partial charge in [0.05, 0.1) is 0 Å². The van der Waals surface area contributed by atoms with Crippen LogP contribution in [0.4, 0.5) is 0 Å². The molecule has 1 spiro atoms. The number of hydrogen-bond donors (Lipinski definition) is 1. The number of epoxide rings is 1. The van der Waals surface area contributed by atoms with E-state index in [2.05, 4.69) is 0 Å². The lowest BCUT2D eigenvalue weighted by Gasteiger charge is -2.42. The summed E-state index contributed by atoms with van der Waals surface area (Å²) in [5.41, 5.74) is -1.67. The van der Waals surface area contributed by atoms with Crippen LogP contribution >= 0.6 is 0 Å². The molecule has 0 aromatic heterocycles. The second kappa shape index (κ2) is 2.65. The zero-order valence-corrected chi connectivity index (χ0v) is 10.3. The molecule has 3 fully saturated rings. The summed E-state index contributed by atoms with van der Waals surface area (Å²) in [6.45, 7) is 5.26. The predicted octanol–water partition coefficient (Wildman–Crippen LogP) is -0.151. The predicted molar refractivity (Wildman–Crippen MR) is 56.2 cm³/mol. The summed E-state index contributed by atoms with van der Waals surface area (Å²) >= 11 is 0. The van der Waals surface area contributed by atoms with Crippen LogP contribution in [0.3, 0.4) is 0 Å². The number of rotatable bonds is 0. The summed E-state index contributed by atoms with van der Waals surface area (Å²) < 4.78 is 22.6. The Bertz CT molecular complexity index is 497. The third-order valence-corrected chi connectivity index (χ3v) is 4.16. The van der Waals surface area contributed by atoms with Gasteiger partial charge in [-0.3, -0.25) is 4.79 Å². The molecule has 0 unspecified atom stereocenters. The molecule has 0 aromatic rings. The Morgan fingerprint density at radius 1 is 1.22 bits per heavy atom. The zero-order chi connectivity index (χ0) is 12.9. The quantitative estimate of drug-likeness (QED) is 0.606. The van der Waals surface area contributed by atoms with Gasteiger partial charge in [-0.15, -0.1) is 0 Å². The van der Waals surface area contributed by atoms with Gasteiger partial charge in [0.2, 0.25) is 0 Å². The number of ether oxygens (including phenoxy) is 4. The summed E-state index contributed by atoms with van der Waals surface area (Å²) in [5.74, 6) is -1.12. The van der Waals surface area contributed by atoms with Gasteiger partial charge in [0.15, 0.2) is 35.6 Å². The van der Waals surface area contributed by atoms with E-state index in [1.807, 2.05) is 0 Å². The monoisotopic (exact) mass is 254 g/mol. The number of carbonyl (C=O) groups is 1. The highest BCUT2D eigenvalue weighted by atomic mass is 16.9. The standard InChI is InChI=1S/C12H14O6/c1-10(2)7-8(14)17-12(16-7)6(15-10)4-5(13)11(3)9(12)18-11/h4,7-9,14H,1-3H3/t7-,8+,9+,11+,12-/m1/s1. The highest BCUT2D eigenvalue weighted by Crippen LogP contribution is 2.59. The third kappa shape index (κ3) is 0.980. The van der Waals surface area contributed by atoms with Crippen molar-refractivity contribution in [2.45, 2.75) is 56.3 Å². The average molecular weight is 254 g/mol. The van der Waals surface area contributed by atoms with Crippen LogP contribution in [0.2, 0.25) is 0 Å². The molecule has 0 aromatic carbocycles. The van der Waals surface area contributed by atoms with E-state index in [4.69, 9.17) is 18.9 Å². The highest BCUT2D eigenvalue weighted by Gasteiger charge is 2.79. The topological polar surface area (TPSA) is 77.5 Å². The SMILES string of the molecule is CC1(C)OC2=CC(=O)[C@]3(C)O[C@@H]3[C@@]23O[C@@H]1[C@@H](O)O3. The van der Waals surface area contributed by atoms with Gasteiger partial charge >= 0.3 is 0 Å². The first-order chi connectivity index (χ1) is 8.30. The van der Waals surface area contributed by atoms with Crippen LogP contribution in [0.5, 0.6) is 0 Å². The van der Waals surface area contributed by atoms with Crippen LogP contribution in [0, 0.1) is 0 Å². The normalized spacial score (nSPS) is 55.2. The molecule has 3 saturated heterocycles. The lowest BCUT2D eigenvalue weighted by molar-refractivity contribution is -0.251. The van der Waals surface area contributed by atoms with Gasteiger partial charge in [0.25, 0.3) is 5.79 Å². The lowest BCUT2D eigenvalue weighted by Crippen LogP contribution is -2.56. The van der Waals surface area contributed by atoms with E-state index in [-0.39, 0.29) is 5.78 Å². The van der Waals surface area contributed by atoms with E-state index >= 15 is 0 Å². The van der Waals surface area contributed by atoms with Crippen molar-refractivity contribution in [3.05, 3.63) is 11.8 Å². The van der Waals surface area contributed by atoms with Crippen LogP contribution in [-0.4, -0.2) is 46.4 Å². The summed E-state index contributed by atoms with van der Waals surface area (Å²) in [7, 11) is 0. The van der Waals surface area contributed by atoms with Gasteiger partial charge in [-0.1, -0.05) is 0 Å². The van der Waals surface area contributed by atoms with E-state index < -0.39 is 35.5 Å². The molecule has 0 saturated carbocycles. The van der Waals surface area contributed by atoms with Gasteiger partial charge < -0.3 is 24.1 Å². The van der Waals surface area contributed by atoms with Crippen molar-refractivity contribution in [1.82, 2.24) is 0 Å². The van der Waals surface area contributed by atoms with Crippen LogP contribution in [0.25, 0.3) is 0 Å². The van der Waals surface area contributed by atoms with Crippen molar-refractivity contribution in [2.75, 3.05) is 0 Å². The number of hydrogen-bond acceptors (Lipinski definition) is 6. The Balaban J connectivity index is 1.87. The van der Waals surface area contributed by atoms with Gasteiger partial charge in [0.1, 0.15) is 5.60 Å². The second-order valence-electron chi connectivity index (χ2n) is 5.90. The third-order valence-electron chi connectivity index (χ3n) is 4.16. The largest absolute Gasteiger partial charge is 0.483 e. The van der Waals surface area contributed by atoms with Gasteiger partial charge in [0, 0.05) is 6.08 Å². The van der Waals surface area contributed by atoms with E-state index in [1.165, 1.54) is 6.08 Å². The van der Waals surface area contributed by atoms with Crippen molar-refractivity contribution >= 4 is 5.78 Å². The molecule has 4 aliphatic rings. The molecule has 5 atom stereocenters. The summed E-state index contributed by atoms with van der Waals surface area (Å²) in [4.78, 5) is 11.9. The fourth-order valence-corrected chi connectivity index (χ4v) is 3.01. The number of aliphatic hydroxyl groups excluding tert-OH is 1. The maximum atomic E-state index is 11.9. The summed E-state index contributed by atoms with van der Waals surface area (Å²) in [6.07, 6.45) is -0.878. The first-order valence-corrected chi connectivity index (χ1v) is 5.97. The van der Waals surface area contributed by atoms with Crippen LogP contribution in [0.1, 0.15) is 20.8 Å². The van der Waals surface area contributed by atoms with E-state index in [1.54, 1.807) is 20.8 Å². The van der Waals surface area contributed by atoms with Crippen molar-refractivity contribution in [3.63, 3.8) is 0 Å². The molecule has 0 amide bonds. The molecule has 6 heteroatoms. The Morgan fingerprint density at radius 2 is 1.94 bits per heavy atom. The Morgan fingerprint density at radius 3 is 2.67 bits per heavy atom. The zero-order valence-electron chi connectivity index (χ0n) is 10.3. The van der Waals surface area contributed by atoms with Crippen molar-refractivity contribution in [3.8, 4) is 0 Å². The molecular formula is C12H14O6. The molecule has 18 heavy (non-hydrogen) atoms. The van der Waals surface area contributed by atoms with Crippen LogP contribution < -0.4 is 0 Å². The fraction of sp³-hybridized carbons (Fsp3) is 0.750. The first-order valence-electron chi connectivity index (χ1n) is 5.97. The number of ketones is 1. The maximum absolute atomic E-state index is 11.9. The van der Waals surface area contributed by atoms with E-state index in [0.717, 1.165) is 0 Å². The Kier molecular flexibility index (Phi) is 1.61. The van der Waals surface area contributed by atoms with Gasteiger partial charge in [-0.2, -0.15) is 0 Å². The minimum atomic E-state index is -1.26. The molecule has 4 rings (SSSR count). The molecule has 6 nitrogen and oxygen atoms in total. The molecule has 3 heterocycles. The molecular weight excluding hydrogens is 240 g/mol. The smallest absolute Gasteiger partial charge is 0.261 e. The number of fused-ring (bicyclic) bond motifs is 2. The highest BCUT2D eigenvalue weighted by molar-refractivity contribution is 6.01. The van der Waals surface area contributed by atoms with Crippen LogP contribution in [-0.2, 0) is 23.7 Å². The van der Waals surface area contributed by atoms with Gasteiger partial charge in [-0.25, -0.2) is 0 Å². The molecule has 1 aliphatic carbocycles. The minimum absolute atomic E-state index is 0.157. The van der Waals surface area contributed by atoms with E-state index in [9.17, 15) is 9.90 Å². The minimum Gasteiger partial charge on any atom is -0.483 e. The van der Waals surface area contributed by atoms with Gasteiger partial charge in [-0.05, 0) is 20.8 Å². The van der Waals surface area contributed by atoms with Crippen molar-refractivity contribution < 1.29 is 28.8 Å². The molecule has 98 valence electrons. The molecule has 0 radical (unpaired) electrons. The first kappa shape index (κ1) is 10.9. The summed E-state index contributed by atoms with van der Waals surface area (Å²) in [6, 6.07) is 0. The maximum Gasteiger partial charge on any atom is 0.261 e. The van der Waals surface area contributed by atoms with Crippen LogP contribution in [0.15, 0.2) is 11.8 Å². The van der Waals surface area contributed by atoms with E-state index in [0.29, 0.717) is 5.76 Å². The second-order valence-corrected chi connectivity index (χ2v) is 5.90. The molecule has 2 bridgehead atoms. The molecule has 3 aliphatic heterocycles. The summed E-state index contributed by atoms with van der Waals surface area (Å²) in [5, 5.41) is 9.96. The fourth-order valence-electron chi connectivity index (χ4n) is 3.01. The van der Waals surface area contributed by atoms with Crippen molar-refractivity contribution in [2.24, 2.45) is 0 Å².